The van der Waals surface area contributed by atoms with E-state index in [0.717, 1.165) is 16.5 Å². The lowest BCUT2D eigenvalue weighted by Crippen LogP contribution is -2.02. The SMILES string of the molecule is CCOc1cc(C=C(C#N)C(=O)c2c[nH]c3cccc(C)c23)ccc1OC. The molecule has 0 fully saturated rings. The van der Waals surface area contributed by atoms with Crippen LogP contribution in [0, 0.1) is 18.3 Å². The second-order valence-corrected chi connectivity index (χ2v) is 6.04. The Hall–Kier alpha value is -3.52. The number of fused-ring (bicyclic) bond motifs is 1. The van der Waals surface area contributed by atoms with Crippen LogP contribution in [0.3, 0.4) is 0 Å². The molecule has 0 amide bonds. The highest BCUT2D eigenvalue weighted by atomic mass is 16.5. The highest BCUT2D eigenvalue weighted by molar-refractivity contribution is 6.20. The fraction of sp³-hybridized carbons (Fsp3) is 0.182. The van der Waals surface area contributed by atoms with Gasteiger partial charge in [0.2, 0.25) is 5.78 Å². The van der Waals surface area contributed by atoms with Gasteiger partial charge < -0.3 is 14.5 Å². The Bertz CT molecular complexity index is 1070. The maximum absolute atomic E-state index is 13.0. The predicted molar refractivity (Wildman–Crippen MR) is 105 cm³/mol. The number of nitrogens with zero attached hydrogens (tertiary/aromatic N) is 1. The molecule has 3 rings (SSSR count). The Morgan fingerprint density at radius 1 is 1.26 bits per heavy atom. The van der Waals surface area contributed by atoms with E-state index in [-0.39, 0.29) is 11.4 Å². The van der Waals surface area contributed by atoms with E-state index in [1.54, 1.807) is 37.6 Å². The number of aryl methyl sites for hydroxylation is 1. The first kappa shape index (κ1) is 18.3. The van der Waals surface area contributed by atoms with E-state index in [4.69, 9.17) is 9.47 Å². The maximum Gasteiger partial charge on any atom is 0.205 e. The predicted octanol–water partition coefficient (Wildman–Crippen LogP) is 4.67. The minimum absolute atomic E-state index is 0.0618. The van der Waals surface area contributed by atoms with Crippen molar-refractivity contribution >= 4 is 22.8 Å². The average Bonchev–Trinajstić information content (AvgIpc) is 3.11. The third kappa shape index (κ3) is 3.56. The molecule has 0 aliphatic rings. The minimum Gasteiger partial charge on any atom is -0.493 e. The van der Waals surface area contributed by atoms with Crippen LogP contribution < -0.4 is 9.47 Å². The van der Waals surface area contributed by atoms with Crippen molar-refractivity contribution in [2.24, 2.45) is 0 Å². The number of hydrogen-bond donors (Lipinski definition) is 1. The molecule has 1 N–H and O–H groups in total. The molecule has 2 aromatic carbocycles. The van der Waals surface area contributed by atoms with Crippen molar-refractivity contribution in [3.8, 4) is 17.6 Å². The number of carbonyl (C=O) groups excluding carboxylic acids is 1. The molecule has 1 aromatic heterocycles. The molecule has 27 heavy (non-hydrogen) atoms. The van der Waals surface area contributed by atoms with Crippen molar-refractivity contribution in [2.45, 2.75) is 13.8 Å². The molecule has 1 heterocycles. The molecule has 3 aromatic rings. The Labute approximate surface area is 157 Å². The van der Waals surface area contributed by atoms with Gasteiger partial charge >= 0.3 is 0 Å². The fourth-order valence-corrected chi connectivity index (χ4v) is 3.06. The molecule has 0 saturated heterocycles. The number of H-pyrrole nitrogens is 1. The molecule has 5 nitrogen and oxygen atoms in total. The van der Waals surface area contributed by atoms with Crippen molar-refractivity contribution in [3.63, 3.8) is 0 Å². The third-order valence-corrected chi connectivity index (χ3v) is 4.32. The summed E-state index contributed by atoms with van der Waals surface area (Å²) >= 11 is 0. The summed E-state index contributed by atoms with van der Waals surface area (Å²) in [6, 6.07) is 13.1. The van der Waals surface area contributed by atoms with Gasteiger partial charge in [-0.3, -0.25) is 4.79 Å². The third-order valence-electron chi connectivity index (χ3n) is 4.32. The van der Waals surface area contributed by atoms with Crippen LogP contribution in [0.4, 0.5) is 0 Å². The van der Waals surface area contributed by atoms with Crippen molar-refractivity contribution < 1.29 is 14.3 Å². The number of methoxy groups -OCH3 is 1. The smallest absolute Gasteiger partial charge is 0.205 e. The standard InChI is InChI=1S/C22H20N2O3/c1-4-27-20-11-15(8-9-19(20)26-3)10-16(12-23)22(25)17-13-24-18-7-5-6-14(2)21(17)18/h5-11,13,24H,4H2,1-3H3. The van der Waals surface area contributed by atoms with Crippen LogP contribution in [0.1, 0.15) is 28.4 Å². The van der Waals surface area contributed by atoms with E-state index < -0.39 is 0 Å². The van der Waals surface area contributed by atoms with Crippen LogP contribution in [0.25, 0.3) is 17.0 Å². The molecule has 0 saturated carbocycles. The van der Waals surface area contributed by atoms with Gasteiger partial charge in [0.15, 0.2) is 11.5 Å². The zero-order valence-electron chi connectivity index (χ0n) is 15.5. The van der Waals surface area contributed by atoms with Crippen LogP contribution in [0.5, 0.6) is 11.5 Å². The number of allylic oxidation sites excluding steroid dienone is 1. The quantitative estimate of drug-likeness (QED) is 0.394. The summed E-state index contributed by atoms with van der Waals surface area (Å²) in [5.74, 6) is 0.861. The molecule has 0 unspecified atom stereocenters. The van der Waals surface area contributed by atoms with Gasteiger partial charge in [0.05, 0.1) is 13.7 Å². The second kappa shape index (κ2) is 7.79. The lowest BCUT2D eigenvalue weighted by atomic mass is 9.99. The normalized spacial score (nSPS) is 11.3. The Morgan fingerprint density at radius 3 is 2.78 bits per heavy atom. The molecule has 0 radical (unpaired) electrons. The van der Waals surface area contributed by atoms with Gasteiger partial charge in [0, 0.05) is 22.7 Å². The van der Waals surface area contributed by atoms with Crippen molar-refractivity contribution in [3.05, 3.63) is 64.9 Å². The van der Waals surface area contributed by atoms with Crippen LogP contribution in [0.2, 0.25) is 0 Å². The van der Waals surface area contributed by atoms with Gasteiger partial charge in [-0.1, -0.05) is 18.2 Å². The molecule has 0 bridgehead atoms. The van der Waals surface area contributed by atoms with Gasteiger partial charge in [-0.05, 0) is 49.2 Å². The van der Waals surface area contributed by atoms with Crippen molar-refractivity contribution in [2.75, 3.05) is 13.7 Å². The van der Waals surface area contributed by atoms with Gasteiger partial charge in [0.25, 0.3) is 0 Å². The molecule has 136 valence electrons. The molecule has 0 aliphatic heterocycles. The van der Waals surface area contributed by atoms with Gasteiger partial charge in [-0.15, -0.1) is 0 Å². The number of rotatable bonds is 6. The Morgan fingerprint density at radius 2 is 2.07 bits per heavy atom. The lowest BCUT2D eigenvalue weighted by molar-refractivity contribution is 0.104. The van der Waals surface area contributed by atoms with Crippen LogP contribution >= 0.6 is 0 Å². The van der Waals surface area contributed by atoms with E-state index in [2.05, 4.69) is 4.98 Å². The Kier molecular flexibility index (Phi) is 5.28. The van der Waals surface area contributed by atoms with Gasteiger partial charge in [-0.2, -0.15) is 5.26 Å². The van der Waals surface area contributed by atoms with Crippen molar-refractivity contribution in [1.29, 1.82) is 5.26 Å². The number of Topliss-reactive ketones (excluding diaryl/α,β-unsaturated/α-hetero) is 1. The molecular formula is C22H20N2O3. The molecule has 5 heteroatoms. The second-order valence-electron chi connectivity index (χ2n) is 6.04. The first-order valence-electron chi connectivity index (χ1n) is 8.63. The number of hydrogen-bond acceptors (Lipinski definition) is 4. The fourth-order valence-electron chi connectivity index (χ4n) is 3.06. The zero-order chi connectivity index (χ0) is 19.4. The first-order valence-corrected chi connectivity index (χ1v) is 8.63. The maximum atomic E-state index is 13.0. The van der Waals surface area contributed by atoms with Crippen molar-refractivity contribution in [1.82, 2.24) is 4.98 Å². The van der Waals surface area contributed by atoms with Gasteiger partial charge in [0.1, 0.15) is 11.6 Å². The van der Waals surface area contributed by atoms with Crippen LogP contribution in [-0.4, -0.2) is 24.5 Å². The summed E-state index contributed by atoms with van der Waals surface area (Å²) in [4.78, 5) is 16.1. The number of benzene rings is 2. The number of ketones is 1. The summed E-state index contributed by atoms with van der Waals surface area (Å²) in [6.07, 6.45) is 3.23. The zero-order valence-corrected chi connectivity index (χ0v) is 15.5. The summed E-state index contributed by atoms with van der Waals surface area (Å²) in [5, 5.41) is 10.4. The monoisotopic (exact) mass is 360 g/mol. The minimum atomic E-state index is -0.313. The number of nitriles is 1. The molecule has 0 aliphatic carbocycles. The molecule has 0 spiro atoms. The van der Waals surface area contributed by atoms with Crippen LogP contribution in [-0.2, 0) is 0 Å². The largest absolute Gasteiger partial charge is 0.493 e. The Balaban J connectivity index is 2.03. The van der Waals surface area contributed by atoms with E-state index in [1.165, 1.54) is 0 Å². The van der Waals surface area contributed by atoms with E-state index in [0.29, 0.717) is 29.2 Å². The summed E-state index contributed by atoms with van der Waals surface area (Å²) in [7, 11) is 1.57. The number of ether oxygens (including phenoxy) is 2. The number of carbonyl (C=O) groups is 1. The average molecular weight is 360 g/mol. The van der Waals surface area contributed by atoms with Crippen LogP contribution in [0.15, 0.2) is 48.2 Å². The number of aromatic nitrogens is 1. The molecule has 0 atom stereocenters. The summed E-state index contributed by atoms with van der Waals surface area (Å²) in [5.41, 5.74) is 3.11. The highest BCUT2D eigenvalue weighted by Gasteiger charge is 2.18. The topological polar surface area (TPSA) is 75.1 Å². The van der Waals surface area contributed by atoms with Gasteiger partial charge in [-0.25, -0.2) is 0 Å². The molecular weight excluding hydrogens is 340 g/mol. The number of aromatic amines is 1. The van der Waals surface area contributed by atoms with E-state index in [1.807, 2.05) is 38.1 Å². The highest BCUT2D eigenvalue weighted by Crippen LogP contribution is 2.30. The van der Waals surface area contributed by atoms with E-state index >= 15 is 0 Å². The summed E-state index contributed by atoms with van der Waals surface area (Å²) in [6.45, 7) is 4.31. The first-order chi connectivity index (χ1) is 13.1. The van der Waals surface area contributed by atoms with E-state index in [9.17, 15) is 10.1 Å². The lowest BCUT2D eigenvalue weighted by Gasteiger charge is -2.10. The summed E-state index contributed by atoms with van der Waals surface area (Å²) < 4.78 is 10.8. The number of nitrogens with one attached hydrogen (secondary N) is 1.